The van der Waals surface area contributed by atoms with Gasteiger partial charge >= 0.3 is 0 Å². The van der Waals surface area contributed by atoms with Gasteiger partial charge in [-0.1, -0.05) is 23.8 Å². The van der Waals surface area contributed by atoms with E-state index < -0.39 is 10.0 Å². The van der Waals surface area contributed by atoms with Crippen LogP contribution in [-0.4, -0.2) is 23.2 Å². The minimum Gasteiger partial charge on any atom is -0.275 e. The van der Waals surface area contributed by atoms with Crippen LogP contribution in [0.1, 0.15) is 11.1 Å². The molecule has 3 rings (SSSR count). The Morgan fingerprint density at radius 1 is 1.17 bits per heavy atom. The van der Waals surface area contributed by atoms with Crippen molar-refractivity contribution in [2.45, 2.75) is 18.4 Å². The van der Waals surface area contributed by atoms with Gasteiger partial charge in [-0.3, -0.25) is 9.67 Å². The van der Waals surface area contributed by atoms with Crippen LogP contribution in [0.25, 0.3) is 11.3 Å². The fourth-order valence-electron chi connectivity index (χ4n) is 2.36. The van der Waals surface area contributed by atoms with Crippen LogP contribution in [0.2, 0.25) is 0 Å². The van der Waals surface area contributed by atoms with Crippen molar-refractivity contribution in [1.82, 2.24) is 19.5 Å². The molecule has 2 heterocycles. The van der Waals surface area contributed by atoms with E-state index in [0.717, 1.165) is 22.4 Å². The molecule has 0 unspecified atom stereocenters. The number of hydrogen-bond donors (Lipinski definition) is 1. The number of benzene rings is 1. The SMILES string of the molecule is Cc1ccc(S(=O)(=O)NCc2cccnc2-c2cnn(C)c2)cc1. The summed E-state index contributed by atoms with van der Waals surface area (Å²) in [5.74, 6) is 0. The lowest BCUT2D eigenvalue weighted by atomic mass is 10.1. The first-order valence-corrected chi connectivity index (χ1v) is 8.93. The smallest absolute Gasteiger partial charge is 0.240 e. The summed E-state index contributed by atoms with van der Waals surface area (Å²) >= 11 is 0. The molecule has 0 aliphatic carbocycles. The van der Waals surface area contributed by atoms with Gasteiger partial charge in [0.15, 0.2) is 0 Å². The monoisotopic (exact) mass is 342 g/mol. The molecule has 0 atom stereocenters. The Bertz CT molecular complexity index is 947. The highest BCUT2D eigenvalue weighted by Gasteiger charge is 2.15. The third kappa shape index (κ3) is 3.52. The number of aryl methyl sites for hydroxylation is 2. The Kier molecular flexibility index (Phi) is 4.46. The maximum absolute atomic E-state index is 12.4. The maximum Gasteiger partial charge on any atom is 0.240 e. The van der Waals surface area contributed by atoms with Crippen molar-refractivity contribution in [2.24, 2.45) is 7.05 Å². The van der Waals surface area contributed by atoms with Gasteiger partial charge < -0.3 is 0 Å². The standard InChI is InChI=1S/C17H18N4O2S/c1-13-5-7-16(8-6-13)24(22,23)20-11-14-4-3-9-18-17(14)15-10-19-21(2)12-15/h3-10,12,20H,11H2,1-2H3. The van der Waals surface area contributed by atoms with Crippen molar-refractivity contribution in [3.8, 4) is 11.3 Å². The van der Waals surface area contributed by atoms with Crippen molar-refractivity contribution in [2.75, 3.05) is 0 Å². The quantitative estimate of drug-likeness (QED) is 0.772. The molecule has 1 aromatic carbocycles. The Labute approximate surface area is 141 Å². The molecule has 0 bridgehead atoms. The predicted molar refractivity (Wildman–Crippen MR) is 91.6 cm³/mol. The Balaban J connectivity index is 1.83. The second-order valence-electron chi connectivity index (χ2n) is 5.55. The average Bonchev–Trinajstić information content (AvgIpc) is 3.00. The van der Waals surface area contributed by atoms with Crippen molar-refractivity contribution in [3.05, 3.63) is 66.1 Å². The van der Waals surface area contributed by atoms with E-state index in [9.17, 15) is 8.42 Å². The third-order valence-corrected chi connectivity index (χ3v) is 5.07. The summed E-state index contributed by atoms with van der Waals surface area (Å²) in [6.45, 7) is 2.08. The lowest BCUT2D eigenvalue weighted by Gasteiger charge is -2.10. The van der Waals surface area contributed by atoms with Gasteiger partial charge in [-0.2, -0.15) is 5.10 Å². The summed E-state index contributed by atoms with van der Waals surface area (Å²) in [7, 11) is -1.74. The minimum absolute atomic E-state index is 0.161. The first-order valence-electron chi connectivity index (χ1n) is 7.45. The Hall–Kier alpha value is -2.51. The highest BCUT2D eigenvalue weighted by molar-refractivity contribution is 7.89. The maximum atomic E-state index is 12.4. The number of hydrogen-bond acceptors (Lipinski definition) is 4. The largest absolute Gasteiger partial charge is 0.275 e. The second kappa shape index (κ2) is 6.54. The van der Waals surface area contributed by atoms with Crippen LogP contribution < -0.4 is 4.72 Å². The summed E-state index contributed by atoms with van der Waals surface area (Å²) in [6, 6.07) is 10.4. The number of pyridine rings is 1. The molecule has 0 fully saturated rings. The van der Waals surface area contributed by atoms with E-state index in [0.29, 0.717) is 0 Å². The summed E-state index contributed by atoms with van der Waals surface area (Å²) in [6.07, 6.45) is 5.24. The predicted octanol–water partition coefficient (Wildman–Crippen LogP) is 2.27. The van der Waals surface area contributed by atoms with Crippen LogP contribution in [0.4, 0.5) is 0 Å². The first-order chi connectivity index (χ1) is 11.5. The fraction of sp³-hybridized carbons (Fsp3) is 0.176. The van der Waals surface area contributed by atoms with Gasteiger partial charge in [0.1, 0.15) is 0 Å². The van der Waals surface area contributed by atoms with E-state index in [-0.39, 0.29) is 11.4 Å². The second-order valence-corrected chi connectivity index (χ2v) is 7.32. The Morgan fingerprint density at radius 2 is 1.92 bits per heavy atom. The van der Waals surface area contributed by atoms with Crippen molar-refractivity contribution in [3.63, 3.8) is 0 Å². The zero-order chi connectivity index (χ0) is 17.2. The minimum atomic E-state index is -3.57. The molecule has 7 heteroatoms. The number of nitrogens with one attached hydrogen (secondary N) is 1. The van der Waals surface area contributed by atoms with E-state index in [1.54, 1.807) is 47.4 Å². The molecule has 0 radical (unpaired) electrons. The molecular formula is C17H18N4O2S. The highest BCUT2D eigenvalue weighted by Crippen LogP contribution is 2.21. The highest BCUT2D eigenvalue weighted by atomic mass is 32.2. The van der Waals surface area contributed by atoms with E-state index >= 15 is 0 Å². The molecule has 0 aliphatic heterocycles. The van der Waals surface area contributed by atoms with Crippen LogP contribution in [0, 0.1) is 6.92 Å². The van der Waals surface area contributed by atoms with Crippen LogP contribution in [0.3, 0.4) is 0 Å². The topological polar surface area (TPSA) is 76.9 Å². The van der Waals surface area contributed by atoms with E-state index in [1.807, 2.05) is 26.2 Å². The van der Waals surface area contributed by atoms with Crippen LogP contribution >= 0.6 is 0 Å². The molecule has 0 amide bonds. The Morgan fingerprint density at radius 3 is 2.58 bits per heavy atom. The van der Waals surface area contributed by atoms with E-state index in [2.05, 4.69) is 14.8 Å². The average molecular weight is 342 g/mol. The molecule has 1 N–H and O–H groups in total. The molecule has 0 saturated carbocycles. The zero-order valence-corrected chi connectivity index (χ0v) is 14.3. The summed E-state index contributed by atoms with van der Waals surface area (Å²) in [5.41, 5.74) is 3.38. The lowest BCUT2D eigenvalue weighted by Crippen LogP contribution is -2.23. The number of nitrogens with zero attached hydrogens (tertiary/aromatic N) is 3. The molecule has 3 aromatic rings. The molecule has 2 aromatic heterocycles. The van der Waals surface area contributed by atoms with Crippen LogP contribution in [-0.2, 0) is 23.6 Å². The molecule has 0 aliphatic rings. The molecular weight excluding hydrogens is 324 g/mol. The van der Waals surface area contributed by atoms with Crippen molar-refractivity contribution in [1.29, 1.82) is 0 Å². The summed E-state index contributed by atoms with van der Waals surface area (Å²) in [4.78, 5) is 4.61. The van der Waals surface area contributed by atoms with E-state index in [1.165, 1.54) is 0 Å². The third-order valence-electron chi connectivity index (χ3n) is 3.65. The molecule has 24 heavy (non-hydrogen) atoms. The molecule has 124 valence electrons. The molecule has 6 nitrogen and oxygen atoms in total. The van der Waals surface area contributed by atoms with Crippen LogP contribution in [0.5, 0.6) is 0 Å². The van der Waals surface area contributed by atoms with Gasteiger partial charge in [-0.15, -0.1) is 0 Å². The van der Waals surface area contributed by atoms with Crippen molar-refractivity contribution < 1.29 is 8.42 Å². The van der Waals surface area contributed by atoms with Gasteiger partial charge in [-0.05, 0) is 30.7 Å². The lowest BCUT2D eigenvalue weighted by molar-refractivity contribution is 0.581. The number of rotatable bonds is 5. The number of sulfonamides is 1. The van der Waals surface area contributed by atoms with Crippen LogP contribution in [0.15, 0.2) is 59.9 Å². The van der Waals surface area contributed by atoms with Gasteiger partial charge in [-0.25, -0.2) is 13.1 Å². The first kappa shape index (κ1) is 16.4. The van der Waals surface area contributed by atoms with Gasteiger partial charge in [0.25, 0.3) is 0 Å². The van der Waals surface area contributed by atoms with E-state index in [4.69, 9.17) is 0 Å². The van der Waals surface area contributed by atoms with Crippen molar-refractivity contribution >= 4 is 10.0 Å². The molecule has 0 spiro atoms. The zero-order valence-electron chi connectivity index (χ0n) is 13.5. The normalized spacial score (nSPS) is 11.6. The molecule has 0 saturated heterocycles. The fourth-order valence-corrected chi connectivity index (χ4v) is 3.36. The van der Waals surface area contributed by atoms with Gasteiger partial charge in [0.05, 0.1) is 16.8 Å². The number of aromatic nitrogens is 3. The van der Waals surface area contributed by atoms with Gasteiger partial charge in [0.2, 0.25) is 10.0 Å². The summed E-state index contributed by atoms with van der Waals surface area (Å²) < 4.78 is 29.2. The summed E-state index contributed by atoms with van der Waals surface area (Å²) in [5, 5.41) is 4.14. The van der Waals surface area contributed by atoms with Gasteiger partial charge in [0, 0.05) is 31.5 Å².